The van der Waals surface area contributed by atoms with E-state index in [4.69, 9.17) is 0 Å². The molecule has 0 aromatic heterocycles. The minimum Gasteiger partial charge on any atom is -0.469 e. The summed E-state index contributed by atoms with van der Waals surface area (Å²) < 4.78 is 4.69. The molecule has 3 nitrogen and oxygen atoms in total. The van der Waals surface area contributed by atoms with Gasteiger partial charge in [0.1, 0.15) is 0 Å². The summed E-state index contributed by atoms with van der Waals surface area (Å²) in [5.74, 6) is 0.381. The third kappa shape index (κ3) is 0.959. The van der Waals surface area contributed by atoms with E-state index in [1.54, 1.807) is 0 Å². The second-order valence-electron chi connectivity index (χ2n) is 3.86. The largest absolute Gasteiger partial charge is 0.469 e. The lowest BCUT2D eigenvalue weighted by molar-refractivity contribution is -0.147. The standard InChI is InChI=1S/C9H14O3/c1-12-9(11)7-4-5-2-3-6(7)8(5)10/h5-8,10H,2-4H2,1H3/t5-,6+,7+,8-/m1/s1. The zero-order chi connectivity index (χ0) is 8.72. The molecule has 2 aliphatic rings. The van der Waals surface area contributed by atoms with Crippen molar-refractivity contribution in [2.24, 2.45) is 17.8 Å². The number of fused-ring (bicyclic) bond motifs is 2. The number of hydrogen-bond donors (Lipinski definition) is 1. The molecule has 0 aromatic carbocycles. The molecule has 2 rings (SSSR count). The van der Waals surface area contributed by atoms with Crippen LogP contribution in [0, 0.1) is 17.8 Å². The number of methoxy groups -OCH3 is 1. The summed E-state index contributed by atoms with van der Waals surface area (Å²) in [7, 11) is 1.42. The maximum Gasteiger partial charge on any atom is 0.309 e. The quantitative estimate of drug-likeness (QED) is 0.585. The van der Waals surface area contributed by atoms with Crippen LogP contribution in [-0.4, -0.2) is 24.3 Å². The molecule has 0 aliphatic heterocycles. The number of esters is 1. The highest BCUT2D eigenvalue weighted by Crippen LogP contribution is 2.48. The van der Waals surface area contributed by atoms with Gasteiger partial charge in [-0.3, -0.25) is 4.79 Å². The molecule has 2 aliphatic carbocycles. The summed E-state index contributed by atoms with van der Waals surface area (Å²) >= 11 is 0. The van der Waals surface area contributed by atoms with Crippen molar-refractivity contribution in [1.29, 1.82) is 0 Å². The van der Waals surface area contributed by atoms with E-state index in [9.17, 15) is 9.90 Å². The molecule has 0 spiro atoms. The molecule has 0 radical (unpaired) electrons. The molecule has 2 saturated carbocycles. The van der Waals surface area contributed by atoms with Crippen molar-refractivity contribution >= 4 is 5.97 Å². The highest BCUT2D eigenvalue weighted by Gasteiger charge is 2.50. The van der Waals surface area contributed by atoms with E-state index in [0.29, 0.717) is 5.92 Å². The SMILES string of the molecule is COC(=O)[C@H]1C[C@H]2CC[C@@H]1[C@@H]2O. The Hall–Kier alpha value is -0.570. The fourth-order valence-electron chi connectivity index (χ4n) is 2.72. The van der Waals surface area contributed by atoms with Gasteiger partial charge in [-0.05, 0) is 31.1 Å². The molecule has 12 heavy (non-hydrogen) atoms. The molecule has 68 valence electrons. The van der Waals surface area contributed by atoms with Gasteiger partial charge in [-0.1, -0.05) is 0 Å². The van der Waals surface area contributed by atoms with E-state index in [0.717, 1.165) is 19.3 Å². The zero-order valence-corrected chi connectivity index (χ0v) is 7.19. The Morgan fingerprint density at radius 2 is 2.25 bits per heavy atom. The summed E-state index contributed by atoms with van der Waals surface area (Å²) in [5.41, 5.74) is 0. The molecule has 0 saturated heterocycles. The Kier molecular flexibility index (Phi) is 1.83. The third-order valence-electron chi connectivity index (χ3n) is 3.37. The maximum atomic E-state index is 11.2. The van der Waals surface area contributed by atoms with Crippen molar-refractivity contribution < 1.29 is 14.6 Å². The van der Waals surface area contributed by atoms with Crippen LogP contribution in [0.1, 0.15) is 19.3 Å². The lowest BCUT2D eigenvalue weighted by Gasteiger charge is -2.18. The molecular formula is C9H14O3. The fourth-order valence-corrected chi connectivity index (χ4v) is 2.72. The van der Waals surface area contributed by atoms with Crippen LogP contribution in [-0.2, 0) is 9.53 Å². The number of carbonyl (C=O) groups is 1. The van der Waals surface area contributed by atoms with Gasteiger partial charge in [-0.2, -0.15) is 0 Å². The Bertz CT molecular complexity index is 202. The van der Waals surface area contributed by atoms with Crippen LogP contribution in [0.5, 0.6) is 0 Å². The van der Waals surface area contributed by atoms with Gasteiger partial charge in [0.15, 0.2) is 0 Å². The average molecular weight is 170 g/mol. The van der Waals surface area contributed by atoms with Crippen LogP contribution in [0.4, 0.5) is 0 Å². The number of aliphatic hydroxyl groups excluding tert-OH is 1. The average Bonchev–Trinajstić information content (AvgIpc) is 2.60. The maximum absolute atomic E-state index is 11.2. The highest BCUT2D eigenvalue weighted by atomic mass is 16.5. The van der Waals surface area contributed by atoms with Gasteiger partial charge in [-0.25, -0.2) is 0 Å². The summed E-state index contributed by atoms with van der Waals surface area (Å²) in [4.78, 5) is 11.2. The number of ether oxygens (including phenoxy) is 1. The monoisotopic (exact) mass is 170 g/mol. The molecule has 2 bridgehead atoms. The number of aliphatic hydroxyl groups is 1. The summed E-state index contributed by atoms with van der Waals surface area (Å²) in [6.45, 7) is 0. The topological polar surface area (TPSA) is 46.5 Å². The fraction of sp³-hybridized carbons (Fsp3) is 0.889. The second kappa shape index (κ2) is 2.73. The van der Waals surface area contributed by atoms with Gasteiger partial charge in [0.25, 0.3) is 0 Å². The van der Waals surface area contributed by atoms with Gasteiger partial charge < -0.3 is 9.84 Å². The summed E-state index contributed by atoms with van der Waals surface area (Å²) in [6, 6.07) is 0. The molecule has 0 heterocycles. The normalized spacial score (nSPS) is 44.8. The van der Waals surface area contributed by atoms with Crippen LogP contribution in [0.25, 0.3) is 0 Å². The Labute approximate surface area is 71.7 Å². The number of rotatable bonds is 1. The van der Waals surface area contributed by atoms with Gasteiger partial charge >= 0.3 is 5.97 Å². The van der Waals surface area contributed by atoms with Crippen molar-refractivity contribution in [3.63, 3.8) is 0 Å². The lowest BCUT2D eigenvalue weighted by atomic mass is 9.89. The number of carbonyl (C=O) groups excluding carboxylic acids is 1. The summed E-state index contributed by atoms with van der Waals surface area (Å²) in [6.07, 6.45) is 2.66. The third-order valence-corrected chi connectivity index (χ3v) is 3.37. The highest BCUT2D eigenvalue weighted by molar-refractivity contribution is 5.73. The molecule has 0 amide bonds. The van der Waals surface area contributed by atoms with Gasteiger partial charge in [0, 0.05) is 0 Å². The van der Waals surface area contributed by atoms with E-state index in [1.165, 1.54) is 7.11 Å². The van der Waals surface area contributed by atoms with Crippen LogP contribution in [0.15, 0.2) is 0 Å². The minimum absolute atomic E-state index is 0.0243. The Morgan fingerprint density at radius 1 is 1.50 bits per heavy atom. The molecule has 0 aromatic rings. The van der Waals surface area contributed by atoms with E-state index >= 15 is 0 Å². The first-order valence-electron chi connectivity index (χ1n) is 4.50. The smallest absolute Gasteiger partial charge is 0.309 e. The minimum atomic E-state index is -0.242. The first kappa shape index (κ1) is 8.05. The zero-order valence-electron chi connectivity index (χ0n) is 7.19. The van der Waals surface area contributed by atoms with Crippen LogP contribution in [0.3, 0.4) is 0 Å². The van der Waals surface area contributed by atoms with E-state index in [1.807, 2.05) is 0 Å². The van der Waals surface area contributed by atoms with Crippen LogP contribution in [0.2, 0.25) is 0 Å². The number of hydrogen-bond acceptors (Lipinski definition) is 3. The molecule has 0 unspecified atom stereocenters. The van der Waals surface area contributed by atoms with E-state index < -0.39 is 0 Å². The van der Waals surface area contributed by atoms with E-state index in [-0.39, 0.29) is 23.9 Å². The van der Waals surface area contributed by atoms with Gasteiger partial charge in [0.2, 0.25) is 0 Å². The van der Waals surface area contributed by atoms with Crippen LogP contribution >= 0.6 is 0 Å². The van der Waals surface area contributed by atoms with Crippen molar-refractivity contribution in [2.45, 2.75) is 25.4 Å². The Morgan fingerprint density at radius 3 is 2.67 bits per heavy atom. The van der Waals surface area contributed by atoms with Gasteiger partial charge in [0.05, 0.1) is 19.1 Å². The molecule has 2 fully saturated rings. The van der Waals surface area contributed by atoms with Crippen molar-refractivity contribution in [3.8, 4) is 0 Å². The van der Waals surface area contributed by atoms with Crippen molar-refractivity contribution in [1.82, 2.24) is 0 Å². The van der Waals surface area contributed by atoms with Gasteiger partial charge in [-0.15, -0.1) is 0 Å². The summed E-state index contributed by atoms with van der Waals surface area (Å²) in [5, 5.41) is 9.64. The first-order valence-corrected chi connectivity index (χ1v) is 4.50. The molecule has 4 atom stereocenters. The molecule has 1 N–H and O–H groups in total. The Balaban J connectivity index is 2.08. The molecular weight excluding hydrogens is 156 g/mol. The first-order chi connectivity index (χ1) is 5.74. The van der Waals surface area contributed by atoms with Crippen molar-refractivity contribution in [3.05, 3.63) is 0 Å². The van der Waals surface area contributed by atoms with E-state index in [2.05, 4.69) is 4.74 Å². The second-order valence-corrected chi connectivity index (χ2v) is 3.86. The van der Waals surface area contributed by atoms with Crippen LogP contribution < -0.4 is 0 Å². The predicted molar refractivity (Wildman–Crippen MR) is 42.3 cm³/mol. The lowest BCUT2D eigenvalue weighted by Crippen LogP contribution is -2.24. The predicted octanol–water partition coefficient (Wildman–Crippen LogP) is 0.566. The van der Waals surface area contributed by atoms with Crippen molar-refractivity contribution in [2.75, 3.05) is 7.11 Å². The molecule has 3 heteroatoms.